The number of hydrogen-bond donors (Lipinski definition) is 0. The number of likely N-dealkylation sites (N-methyl/N-ethyl adjacent to an activating group) is 1. The van der Waals surface area contributed by atoms with Crippen molar-refractivity contribution in [1.82, 2.24) is 9.80 Å². The highest BCUT2D eigenvalue weighted by Gasteiger charge is 2.16. The second-order valence-electron chi connectivity index (χ2n) is 6.23. The summed E-state index contributed by atoms with van der Waals surface area (Å²) in [4.78, 5) is 17.2. The molecule has 1 aliphatic heterocycles. The predicted molar refractivity (Wildman–Crippen MR) is 96.7 cm³/mol. The number of piperazine rings is 1. The van der Waals surface area contributed by atoms with Gasteiger partial charge in [0.25, 0.3) is 0 Å². The number of hydrogen-bond acceptors (Lipinski definition) is 3. The number of halogens is 2. The van der Waals surface area contributed by atoms with Gasteiger partial charge < -0.3 is 4.90 Å². The Labute approximate surface area is 150 Å². The number of benzene rings is 2. The molecule has 1 aliphatic rings. The van der Waals surface area contributed by atoms with Gasteiger partial charge in [0.1, 0.15) is 5.82 Å². The quantitative estimate of drug-likeness (QED) is 0.745. The van der Waals surface area contributed by atoms with Gasteiger partial charge in [-0.3, -0.25) is 9.69 Å². The van der Waals surface area contributed by atoms with Crippen LogP contribution in [0.5, 0.6) is 0 Å². The van der Waals surface area contributed by atoms with Gasteiger partial charge in [0, 0.05) is 42.8 Å². The third-order valence-electron chi connectivity index (χ3n) is 4.39. The second-order valence-corrected chi connectivity index (χ2v) is 7.15. The molecule has 126 valence electrons. The lowest BCUT2D eigenvalue weighted by Crippen LogP contribution is -2.43. The van der Waals surface area contributed by atoms with Crippen molar-refractivity contribution in [3.63, 3.8) is 0 Å². The van der Waals surface area contributed by atoms with Crippen LogP contribution < -0.4 is 0 Å². The molecule has 0 saturated carbocycles. The first kappa shape index (κ1) is 17.3. The minimum Gasteiger partial charge on any atom is -0.304 e. The van der Waals surface area contributed by atoms with Crippen LogP contribution in [0.4, 0.5) is 4.39 Å². The van der Waals surface area contributed by atoms with Crippen molar-refractivity contribution in [3.8, 4) is 0 Å². The highest BCUT2D eigenvalue weighted by Crippen LogP contribution is 2.19. The van der Waals surface area contributed by atoms with Crippen LogP contribution in [-0.2, 0) is 6.54 Å². The zero-order valence-corrected chi connectivity index (χ0v) is 15.2. The van der Waals surface area contributed by atoms with Gasteiger partial charge in [0.15, 0.2) is 5.78 Å². The second kappa shape index (κ2) is 7.55. The molecule has 3 rings (SSSR count). The molecule has 0 radical (unpaired) electrons. The average molecular weight is 391 g/mol. The Morgan fingerprint density at radius 1 is 1.08 bits per heavy atom. The standard InChI is InChI=1S/C19H20BrFN2O/c1-22-8-10-23(11-9-22)13-14-2-4-15(5-3-14)19(24)17-7-6-16(20)12-18(17)21/h2-7,12H,8-11,13H2,1H3. The zero-order chi connectivity index (χ0) is 17.1. The molecule has 0 unspecified atom stereocenters. The van der Waals surface area contributed by atoms with Crippen molar-refractivity contribution < 1.29 is 9.18 Å². The molecular formula is C19H20BrFN2O. The van der Waals surface area contributed by atoms with E-state index < -0.39 is 5.82 Å². The Bertz CT molecular complexity index is 725. The summed E-state index contributed by atoms with van der Waals surface area (Å²) in [5.41, 5.74) is 1.79. The van der Waals surface area contributed by atoms with Crippen LogP contribution in [0.25, 0.3) is 0 Å². The summed E-state index contributed by atoms with van der Waals surface area (Å²) in [6, 6.07) is 12.0. The molecule has 2 aromatic carbocycles. The van der Waals surface area contributed by atoms with E-state index in [1.165, 1.54) is 17.7 Å². The van der Waals surface area contributed by atoms with Crippen molar-refractivity contribution in [2.75, 3.05) is 33.2 Å². The summed E-state index contributed by atoms with van der Waals surface area (Å²) in [5.74, 6) is -0.790. The molecule has 0 atom stereocenters. The lowest BCUT2D eigenvalue weighted by atomic mass is 10.0. The van der Waals surface area contributed by atoms with Gasteiger partial charge in [0.05, 0.1) is 5.56 Å². The van der Waals surface area contributed by atoms with E-state index in [9.17, 15) is 9.18 Å². The van der Waals surface area contributed by atoms with Crippen molar-refractivity contribution in [3.05, 3.63) is 69.4 Å². The fourth-order valence-corrected chi connectivity index (χ4v) is 3.19. The third-order valence-corrected chi connectivity index (χ3v) is 4.89. The topological polar surface area (TPSA) is 23.6 Å². The molecule has 1 saturated heterocycles. The van der Waals surface area contributed by atoms with Gasteiger partial charge in [-0.25, -0.2) is 4.39 Å². The van der Waals surface area contributed by atoms with E-state index in [2.05, 4.69) is 32.8 Å². The molecule has 5 heteroatoms. The number of carbonyl (C=O) groups excluding carboxylic acids is 1. The Morgan fingerprint density at radius 3 is 2.38 bits per heavy atom. The Balaban J connectivity index is 1.68. The average Bonchev–Trinajstić information content (AvgIpc) is 2.57. The van der Waals surface area contributed by atoms with Crippen LogP contribution in [0, 0.1) is 5.82 Å². The zero-order valence-electron chi connectivity index (χ0n) is 13.6. The summed E-state index contributed by atoms with van der Waals surface area (Å²) >= 11 is 3.20. The molecule has 1 fully saturated rings. The van der Waals surface area contributed by atoms with Crippen molar-refractivity contribution in [1.29, 1.82) is 0 Å². The van der Waals surface area contributed by atoms with E-state index in [1.54, 1.807) is 18.2 Å². The Kier molecular flexibility index (Phi) is 5.43. The summed E-state index contributed by atoms with van der Waals surface area (Å²) < 4.78 is 14.6. The van der Waals surface area contributed by atoms with E-state index in [0.29, 0.717) is 10.0 Å². The lowest BCUT2D eigenvalue weighted by molar-refractivity contribution is 0.103. The first-order chi connectivity index (χ1) is 11.5. The van der Waals surface area contributed by atoms with Crippen molar-refractivity contribution >= 4 is 21.7 Å². The van der Waals surface area contributed by atoms with Crippen LogP contribution in [0.1, 0.15) is 21.5 Å². The monoisotopic (exact) mass is 390 g/mol. The molecule has 0 aromatic heterocycles. The molecule has 0 bridgehead atoms. The van der Waals surface area contributed by atoms with E-state index in [1.807, 2.05) is 12.1 Å². The molecule has 24 heavy (non-hydrogen) atoms. The molecule has 0 aliphatic carbocycles. The van der Waals surface area contributed by atoms with Crippen LogP contribution in [-0.4, -0.2) is 48.8 Å². The maximum atomic E-state index is 13.9. The van der Waals surface area contributed by atoms with E-state index in [4.69, 9.17) is 0 Å². The number of rotatable bonds is 4. The number of ketones is 1. The van der Waals surface area contributed by atoms with Gasteiger partial charge in [-0.1, -0.05) is 40.2 Å². The molecule has 2 aromatic rings. The van der Waals surface area contributed by atoms with Crippen LogP contribution >= 0.6 is 15.9 Å². The van der Waals surface area contributed by atoms with Gasteiger partial charge in [-0.05, 0) is 30.8 Å². The normalized spacial score (nSPS) is 16.3. The van der Waals surface area contributed by atoms with Gasteiger partial charge in [-0.2, -0.15) is 0 Å². The molecule has 1 heterocycles. The van der Waals surface area contributed by atoms with E-state index in [-0.39, 0.29) is 11.3 Å². The maximum Gasteiger partial charge on any atom is 0.195 e. The summed E-state index contributed by atoms with van der Waals surface area (Å²) in [7, 11) is 2.14. The number of nitrogens with zero attached hydrogens (tertiary/aromatic N) is 2. The molecule has 0 spiro atoms. The predicted octanol–water partition coefficient (Wildman–Crippen LogP) is 3.57. The first-order valence-electron chi connectivity index (χ1n) is 8.02. The Morgan fingerprint density at radius 2 is 1.75 bits per heavy atom. The number of carbonyl (C=O) groups is 1. The van der Waals surface area contributed by atoms with Crippen LogP contribution in [0.3, 0.4) is 0 Å². The minimum absolute atomic E-state index is 0.102. The van der Waals surface area contributed by atoms with Gasteiger partial charge in [-0.15, -0.1) is 0 Å². The molecular weight excluding hydrogens is 371 g/mol. The van der Waals surface area contributed by atoms with Crippen LogP contribution in [0.15, 0.2) is 46.9 Å². The summed E-state index contributed by atoms with van der Waals surface area (Å²) in [5, 5.41) is 0. The summed E-state index contributed by atoms with van der Waals surface area (Å²) in [6.07, 6.45) is 0. The largest absolute Gasteiger partial charge is 0.304 e. The van der Waals surface area contributed by atoms with Crippen LogP contribution in [0.2, 0.25) is 0 Å². The summed E-state index contributed by atoms with van der Waals surface area (Å²) in [6.45, 7) is 5.16. The lowest BCUT2D eigenvalue weighted by Gasteiger charge is -2.32. The fraction of sp³-hybridized carbons (Fsp3) is 0.316. The van der Waals surface area contributed by atoms with Gasteiger partial charge >= 0.3 is 0 Å². The fourth-order valence-electron chi connectivity index (χ4n) is 2.85. The van der Waals surface area contributed by atoms with Crippen molar-refractivity contribution in [2.24, 2.45) is 0 Å². The third kappa shape index (κ3) is 4.09. The first-order valence-corrected chi connectivity index (χ1v) is 8.82. The van der Waals surface area contributed by atoms with E-state index >= 15 is 0 Å². The smallest absolute Gasteiger partial charge is 0.195 e. The SMILES string of the molecule is CN1CCN(Cc2ccc(C(=O)c3ccc(Br)cc3F)cc2)CC1. The molecule has 0 amide bonds. The molecule has 0 N–H and O–H groups in total. The van der Waals surface area contributed by atoms with Gasteiger partial charge in [0.2, 0.25) is 0 Å². The molecule has 3 nitrogen and oxygen atoms in total. The highest BCUT2D eigenvalue weighted by molar-refractivity contribution is 9.10. The Hall–Kier alpha value is -1.56. The van der Waals surface area contributed by atoms with Crippen molar-refractivity contribution in [2.45, 2.75) is 6.54 Å². The van der Waals surface area contributed by atoms with E-state index in [0.717, 1.165) is 32.7 Å². The highest BCUT2D eigenvalue weighted by atomic mass is 79.9. The maximum absolute atomic E-state index is 13.9. The minimum atomic E-state index is -0.504.